The van der Waals surface area contributed by atoms with Crippen molar-refractivity contribution in [1.29, 1.82) is 0 Å². The number of aliphatic carboxylic acids is 1. The summed E-state index contributed by atoms with van der Waals surface area (Å²) in [5.41, 5.74) is 1.56. The van der Waals surface area contributed by atoms with E-state index in [9.17, 15) is 19.5 Å². The second-order valence-corrected chi connectivity index (χ2v) is 9.79. The van der Waals surface area contributed by atoms with Gasteiger partial charge in [0, 0.05) is 10.9 Å². The average Bonchev–Trinajstić information content (AvgIpc) is 3.68. The SMILES string of the molecule is Cc1onc(-c2ccc3c(c2)oc(=O)c2cc(C4(C(=O)O)CC4)ccc23)c1NC(=O)OC(C)c1ccccc1. The number of amides is 1. The minimum Gasteiger partial charge on any atom is -0.481 e. The smallest absolute Gasteiger partial charge is 0.412 e. The van der Waals surface area contributed by atoms with E-state index in [4.69, 9.17) is 13.7 Å². The van der Waals surface area contributed by atoms with E-state index >= 15 is 0 Å². The molecular weight excluding hydrogens is 500 g/mol. The summed E-state index contributed by atoms with van der Waals surface area (Å²) in [6.07, 6.45) is -0.0448. The molecule has 1 saturated carbocycles. The van der Waals surface area contributed by atoms with E-state index in [-0.39, 0.29) is 0 Å². The number of carboxylic acid groups (broad SMARTS) is 1. The second-order valence-electron chi connectivity index (χ2n) is 9.79. The average molecular weight is 525 g/mol. The number of hydrogen-bond donors (Lipinski definition) is 2. The lowest BCUT2D eigenvalue weighted by atomic mass is 9.93. The number of rotatable bonds is 6. The van der Waals surface area contributed by atoms with Crippen molar-refractivity contribution in [3.8, 4) is 11.3 Å². The largest absolute Gasteiger partial charge is 0.481 e. The van der Waals surface area contributed by atoms with Crippen molar-refractivity contribution in [3.05, 3.63) is 94.0 Å². The predicted molar refractivity (Wildman–Crippen MR) is 144 cm³/mol. The fraction of sp³-hybridized carbons (Fsp3) is 0.200. The maximum atomic E-state index is 12.9. The zero-order chi connectivity index (χ0) is 27.3. The molecule has 9 heteroatoms. The lowest BCUT2D eigenvalue weighted by molar-refractivity contribution is -0.140. The fourth-order valence-corrected chi connectivity index (χ4v) is 4.93. The van der Waals surface area contributed by atoms with E-state index in [1.54, 1.807) is 50.2 Å². The summed E-state index contributed by atoms with van der Waals surface area (Å²) in [5, 5.41) is 18.1. The Bertz CT molecular complexity index is 1820. The Morgan fingerprint density at radius 1 is 1.03 bits per heavy atom. The van der Waals surface area contributed by atoms with Gasteiger partial charge in [0.2, 0.25) is 0 Å². The van der Waals surface area contributed by atoms with Crippen LogP contribution in [-0.4, -0.2) is 22.3 Å². The van der Waals surface area contributed by atoms with Gasteiger partial charge >= 0.3 is 17.7 Å². The Balaban J connectivity index is 1.32. The molecular formula is C30H24N2O7. The van der Waals surface area contributed by atoms with Gasteiger partial charge < -0.3 is 18.8 Å². The maximum Gasteiger partial charge on any atom is 0.412 e. The molecule has 9 nitrogen and oxygen atoms in total. The molecule has 1 amide bonds. The molecule has 1 aliphatic carbocycles. The summed E-state index contributed by atoms with van der Waals surface area (Å²) in [6.45, 7) is 3.45. The number of carbonyl (C=O) groups excluding carboxylic acids is 1. The van der Waals surface area contributed by atoms with Gasteiger partial charge in [-0.25, -0.2) is 9.59 Å². The Morgan fingerprint density at radius 3 is 2.49 bits per heavy atom. The van der Waals surface area contributed by atoms with Crippen LogP contribution in [0.2, 0.25) is 0 Å². The van der Waals surface area contributed by atoms with Crippen LogP contribution in [0.3, 0.4) is 0 Å². The number of ether oxygens (including phenoxy) is 1. The standard InChI is InChI=1S/C30H24N2O7/c1-16(18-6-4-3-5-7-18)37-29(36)31-25-17(2)39-32-26(25)19-8-10-22-21-11-9-20(30(12-13-30)28(34)35)15-23(21)27(33)38-24(22)14-19/h3-11,14-16H,12-13H2,1-2H3,(H,31,36)(H,34,35). The molecule has 196 valence electrons. The van der Waals surface area contributed by atoms with Crippen LogP contribution in [0.4, 0.5) is 10.5 Å². The Morgan fingerprint density at radius 2 is 1.77 bits per heavy atom. The molecule has 6 rings (SSSR count). The summed E-state index contributed by atoms with van der Waals surface area (Å²) in [7, 11) is 0. The number of carboxylic acids is 1. The van der Waals surface area contributed by atoms with Crippen molar-refractivity contribution < 1.29 is 28.4 Å². The summed E-state index contributed by atoms with van der Waals surface area (Å²) in [5.74, 6) is -0.503. The first-order valence-electron chi connectivity index (χ1n) is 12.5. The third kappa shape index (κ3) is 4.21. The normalized spacial score (nSPS) is 14.7. The molecule has 1 atom stereocenters. The second kappa shape index (κ2) is 9.13. The highest BCUT2D eigenvalue weighted by molar-refractivity contribution is 6.06. The van der Waals surface area contributed by atoms with E-state index in [0.29, 0.717) is 62.9 Å². The Kier molecular flexibility index (Phi) is 5.71. The third-order valence-electron chi connectivity index (χ3n) is 7.34. The number of aromatic nitrogens is 1. The zero-order valence-electron chi connectivity index (χ0n) is 21.2. The van der Waals surface area contributed by atoms with Crippen molar-refractivity contribution >= 4 is 39.5 Å². The lowest BCUT2D eigenvalue weighted by Gasteiger charge is -2.14. The number of carbonyl (C=O) groups is 2. The first-order valence-corrected chi connectivity index (χ1v) is 12.5. The maximum absolute atomic E-state index is 12.9. The minimum absolute atomic E-state index is 0.323. The third-order valence-corrected chi connectivity index (χ3v) is 7.34. The number of benzene rings is 3. The van der Waals surface area contributed by atoms with Gasteiger partial charge in [-0.15, -0.1) is 0 Å². The Hall–Kier alpha value is -4.92. The molecule has 0 bridgehead atoms. The number of nitrogens with zero attached hydrogens (tertiary/aromatic N) is 1. The van der Waals surface area contributed by atoms with Crippen LogP contribution in [0.5, 0.6) is 0 Å². The van der Waals surface area contributed by atoms with Gasteiger partial charge in [0.05, 0.1) is 10.8 Å². The minimum atomic E-state index is -0.923. The van der Waals surface area contributed by atoms with Gasteiger partial charge in [-0.3, -0.25) is 10.1 Å². The highest BCUT2D eigenvalue weighted by Crippen LogP contribution is 2.49. The van der Waals surface area contributed by atoms with Gasteiger partial charge in [-0.1, -0.05) is 53.7 Å². The van der Waals surface area contributed by atoms with Crippen molar-refractivity contribution in [2.45, 2.75) is 38.2 Å². The van der Waals surface area contributed by atoms with Crippen LogP contribution in [-0.2, 0) is 14.9 Å². The van der Waals surface area contributed by atoms with E-state index in [1.807, 2.05) is 30.3 Å². The number of nitrogens with one attached hydrogen (secondary N) is 1. The molecule has 0 radical (unpaired) electrons. The molecule has 0 saturated heterocycles. The quantitative estimate of drug-likeness (QED) is 0.194. The van der Waals surface area contributed by atoms with E-state index in [1.165, 1.54) is 0 Å². The van der Waals surface area contributed by atoms with Gasteiger partial charge in [0.15, 0.2) is 5.76 Å². The van der Waals surface area contributed by atoms with Gasteiger partial charge in [-0.05, 0) is 61.4 Å². The van der Waals surface area contributed by atoms with Gasteiger partial charge in [0.25, 0.3) is 0 Å². The van der Waals surface area contributed by atoms with Crippen LogP contribution in [0, 0.1) is 6.92 Å². The summed E-state index contributed by atoms with van der Waals surface area (Å²) < 4.78 is 16.5. The van der Waals surface area contributed by atoms with E-state index in [2.05, 4.69) is 10.5 Å². The van der Waals surface area contributed by atoms with Crippen molar-refractivity contribution in [2.24, 2.45) is 0 Å². The molecule has 3 aromatic carbocycles. The first-order chi connectivity index (χ1) is 18.8. The first kappa shape index (κ1) is 24.4. The van der Waals surface area contributed by atoms with Gasteiger partial charge in [0.1, 0.15) is 23.1 Å². The summed E-state index contributed by atoms with van der Waals surface area (Å²) in [4.78, 5) is 37.4. The van der Waals surface area contributed by atoms with E-state index < -0.39 is 29.2 Å². The molecule has 5 aromatic rings. The fourth-order valence-electron chi connectivity index (χ4n) is 4.93. The van der Waals surface area contributed by atoms with Crippen LogP contribution in [0.25, 0.3) is 33.0 Å². The molecule has 0 aliphatic heterocycles. The molecule has 0 spiro atoms. The molecule has 39 heavy (non-hydrogen) atoms. The topological polar surface area (TPSA) is 132 Å². The van der Waals surface area contributed by atoms with Crippen molar-refractivity contribution in [3.63, 3.8) is 0 Å². The molecule has 2 aromatic heterocycles. The molecule has 1 unspecified atom stereocenters. The van der Waals surface area contributed by atoms with E-state index in [0.717, 1.165) is 5.56 Å². The highest BCUT2D eigenvalue weighted by Gasteiger charge is 2.51. The van der Waals surface area contributed by atoms with Gasteiger partial charge in [-0.2, -0.15) is 0 Å². The predicted octanol–water partition coefficient (Wildman–Crippen LogP) is 6.34. The monoisotopic (exact) mass is 524 g/mol. The molecule has 1 aliphatic rings. The van der Waals surface area contributed by atoms with Crippen LogP contribution in [0.15, 0.2) is 80.5 Å². The van der Waals surface area contributed by atoms with Crippen molar-refractivity contribution in [2.75, 3.05) is 5.32 Å². The lowest BCUT2D eigenvalue weighted by Crippen LogP contribution is -2.19. The number of hydrogen-bond acceptors (Lipinski definition) is 7. The summed E-state index contributed by atoms with van der Waals surface area (Å²) in [6, 6.07) is 19.8. The Labute approximate surface area is 222 Å². The molecule has 2 heterocycles. The van der Waals surface area contributed by atoms with Crippen LogP contribution in [0.1, 0.15) is 42.8 Å². The molecule has 1 fully saturated rings. The van der Waals surface area contributed by atoms with Crippen LogP contribution < -0.4 is 10.9 Å². The number of anilines is 1. The zero-order valence-corrected chi connectivity index (χ0v) is 21.2. The number of fused-ring (bicyclic) bond motifs is 3. The molecule has 2 N–H and O–H groups in total. The van der Waals surface area contributed by atoms with Crippen molar-refractivity contribution in [1.82, 2.24) is 5.16 Å². The highest BCUT2D eigenvalue weighted by atomic mass is 16.6. The van der Waals surface area contributed by atoms with Crippen LogP contribution >= 0.6 is 0 Å². The number of aryl methyl sites for hydroxylation is 1. The summed E-state index contributed by atoms with van der Waals surface area (Å²) >= 11 is 0.